The van der Waals surface area contributed by atoms with Gasteiger partial charge in [-0.2, -0.15) is 0 Å². The van der Waals surface area contributed by atoms with Gasteiger partial charge >= 0.3 is 5.97 Å². The van der Waals surface area contributed by atoms with E-state index in [1.165, 1.54) is 7.11 Å². The summed E-state index contributed by atoms with van der Waals surface area (Å²) in [5.74, 6) is -0.202. The third kappa shape index (κ3) is 6.05. The van der Waals surface area contributed by atoms with Crippen molar-refractivity contribution in [2.45, 2.75) is 39.5 Å². The molecule has 2 rings (SSSR count). The van der Waals surface area contributed by atoms with Crippen LogP contribution < -0.4 is 0 Å². The van der Waals surface area contributed by atoms with E-state index in [9.17, 15) is 9.59 Å². The third-order valence-electron chi connectivity index (χ3n) is 4.55. The van der Waals surface area contributed by atoms with Crippen LogP contribution in [0.15, 0.2) is 48.6 Å². The number of carbonyl (C=O) groups is 2. The SMILES string of the molecule is C/C=C\c1cc(C=O)cc(Cc2cccc(CCC(=O)OC)c2)c1/C=C/CC. The van der Waals surface area contributed by atoms with Crippen LogP contribution in [-0.4, -0.2) is 19.4 Å². The van der Waals surface area contributed by atoms with Crippen LogP contribution in [0.25, 0.3) is 12.2 Å². The van der Waals surface area contributed by atoms with Crippen LogP contribution >= 0.6 is 0 Å². The molecule has 28 heavy (non-hydrogen) atoms. The van der Waals surface area contributed by atoms with Crippen molar-refractivity contribution >= 4 is 24.4 Å². The molecule has 3 heteroatoms. The molecule has 0 aliphatic heterocycles. The van der Waals surface area contributed by atoms with Crippen LogP contribution in [0.4, 0.5) is 0 Å². The molecule has 0 fully saturated rings. The Kier molecular flexibility index (Phi) is 8.41. The Morgan fingerprint density at radius 2 is 1.89 bits per heavy atom. The average molecular weight is 376 g/mol. The van der Waals surface area contributed by atoms with Crippen molar-refractivity contribution in [3.05, 3.63) is 81.9 Å². The Bertz CT molecular complexity index is 875. The highest BCUT2D eigenvalue weighted by Gasteiger charge is 2.09. The Morgan fingerprint density at radius 3 is 2.57 bits per heavy atom. The van der Waals surface area contributed by atoms with E-state index in [0.29, 0.717) is 18.4 Å². The maximum Gasteiger partial charge on any atom is 0.305 e. The molecule has 0 unspecified atom stereocenters. The third-order valence-corrected chi connectivity index (χ3v) is 4.55. The number of aryl methyl sites for hydroxylation is 1. The van der Waals surface area contributed by atoms with E-state index < -0.39 is 0 Å². The van der Waals surface area contributed by atoms with Crippen molar-refractivity contribution in [1.82, 2.24) is 0 Å². The van der Waals surface area contributed by atoms with E-state index in [-0.39, 0.29) is 5.97 Å². The lowest BCUT2D eigenvalue weighted by Gasteiger charge is -2.13. The Morgan fingerprint density at radius 1 is 1.11 bits per heavy atom. The first-order chi connectivity index (χ1) is 13.6. The summed E-state index contributed by atoms with van der Waals surface area (Å²) in [6.07, 6.45) is 11.9. The summed E-state index contributed by atoms with van der Waals surface area (Å²) in [6, 6.07) is 12.1. The van der Waals surface area contributed by atoms with Gasteiger partial charge in [-0.05, 0) is 66.1 Å². The Hall–Kier alpha value is -2.94. The minimum Gasteiger partial charge on any atom is -0.469 e. The standard InChI is InChI=1S/C25H28O3/c1-4-6-11-24-22(8-5-2)16-21(18-26)17-23(24)15-20-10-7-9-19(14-20)12-13-25(27)28-3/h5-11,14,16-18H,4,12-13,15H2,1-3H3/b8-5-,11-6+. The number of allylic oxidation sites excluding steroid dienone is 2. The lowest BCUT2D eigenvalue weighted by atomic mass is 9.92. The minimum absolute atomic E-state index is 0.202. The summed E-state index contributed by atoms with van der Waals surface area (Å²) in [5.41, 5.74) is 6.25. The zero-order valence-corrected chi connectivity index (χ0v) is 16.9. The maximum atomic E-state index is 11.4. The second-order valence-corrected chi connectivity index (χ2v) is 6.68. The first kappa shape index (κ1) is 21.4. The number of rotatable bonds is 9. The number of aldehydes is 1. The van der Waals surface area contributed by atoms with Gasteiger partial charge in [0.15, 0.2) is 0 Å². The molecular formula is C25H28O3. The smallest absolute Gasteiger partial charge is 0.305 e. The Labute approximate surface area is 167 Å². The lowest BCUT2D eigenvalue weighted by Crippen LogP contribution is -2.02. The number of methoxy groups -OCH3 is 1. The molecule has 3 nitrogen and oxygen atoms in total. The topological polar surface area (TPSA) is 43.4 Å². The molecule has 2 aromatic rings. The van der Waals surface area contributed by atoms with Crippen LogP contribution in [0.3, 0.4) is 0 Å². The highest BCUT2D eigenvalue weighted by molar-refractivity contribution is 5.80. The number of hydrogen-bond acceptors (Lipinski definition) is 3. The molecule has 0 amide bonds. The van der Waals surface area contributed by atoms with E-state index >= 15 is 0 Å². The number of esters is 1. The molecule has 0 aliphatic carbocycles. The Balaban J connectivity index is 2.38. The number of carbonyl (C=O) groups excluding carboxylic acids is 2. The molecule has 0 radical (unpaired) electrons. The van der Waals surface area contributed by atoms with Crippen molar-refractivity contribution in [3.63, 3.8) is 0 Å². The van der Waals surface area contributed by atoms with Crippen molar-refractivity contribution in [3.8, 4) is 0 Å². The minimum atomic E-state index is -0.202. The molecule has 2 aromatic carbocycles. The second kappa shape index (κ2) is 11.0. The lowest BCUT2D eigenvalue weighted by molar-refractivity contribution is -0.140. The molecule has 0 N–H and O–H groups in total. The van der Waals surface area contributed by atoms with Crippen molar-refractivity contribution < 1.29 is 14.3 Å². The van der Waals surface area contributed by atoms with Gasteiger partial charge in [0.2, 0.25) is 0 Å². The predicted octanol–water partition coefficient (Wildman–Crippen LogP) is 5.65. The van der Waals surface area contributed by atoms with Gasteiger partial charge < -0.3 is 4.74 Å². The molecule has 0 heterocycles. The molecule has 0 aliphatic rings. The summed E-state index contributed by atoms with van der Waals surface area (Å²) in [7, 11) is 1.41. The molecule has 0 aromatic heterocycles. The second-order valence-electron chi connectivity index (χ2n) is 6.68. The largest absolute Gasteiger partial charge is 0.469 e. The van der Waals surface area contributed by atoms with E-state index in [2.05, 4.69) is 31.2 Å². The molecule has 0 saturated carbocycles. The highest BCUT2D eigenvalue weighted by Crippen LogP contribution is 2.24. The van der Waals surface area contributed by atoms with Crippen molar-refractivity contribution in [1.29, 1.82) is 0 Å². The number of ether oxygens (including phenoxy) is 1. The quantitative estimate of drug-likeness (QED) is 0.419. The number of benzene rings is 2. The average Bonchev–Trinajstić information content (AvgIpc) is 2.71. The zero-order chi connectivity index (χ0) is 20.4. The molecular weight excluding hydrogens is 348 g/mol. The van der Waals surface area contributed by atoms with Gasteiger partial charge in [0.25, 0.3) is 0 Å². The van der Waals surface area contributed by atoms with Crippen LogP contribution in [0.5, 0.6) is 0 Å². The summed E-state index contributed by atoms with van der Waals surface area (Å²) in [6.45, 7) is 4.08. The van der Waals surface area contributed by atoms with Gasteiger partial charge in [-0.3, -0.25) is 9.59 Å². The van der Waals surface area contributed by atoms with Gasteiger partial charge in [0.1, 0.15) is 6.29 Å². The van der Waals surface area contributed by atoms with Gasteiger partial charge in [-0.25, -0.2) is 0 Å². The molecule has 0 atom stereocenters. The number of hydrogen-bond donors (Lipinski definition) is 0. The molecule has 0 bridgehead atoms. The van der Waals surface area contributed by atoms with Crippen LogP contribution in [-0.2, 0) is 22.4 Å². The monoisotopic (exact) mass is 376 g/mol. The summed E-state index contributed by atoms with van der Waals surface area (Å²) < 4.78 is 4.73. The van der Waals surface area contributed by atoms with Crippen LogP contribution in [0.1, 0.15) is 64.9 Å². The fourth-order valence-corrected chi connectivity index (χ4v) is 3.20. The van der Waals surface area contributed by atoms with E-state index in [1.54, 1.807) is 0 Å². The van der Waals surface area contributed by atoms with E-state index in [0.717, 1.165) is 46.9 Å². The summed E-state index contributed by atoms with van der Waals surface area (Å²) >= 11 is 0. The highest BCUT2D eigenvalue weighted by atomic mass is 16.5. The van der Waals surface area contributed by atoms with Gasteiger partial charge in [-0.1, -0.05) is 55.5 Å². The van der Waals surface area contributed by atoms with Crippen LogP contribution in [0.2, 0.25) is 0 Å². The van der Waals surface area contributed by atoms with Crippen molar-refractivity contribution in [2.75, 3.05) is 7.11 Å². The van der Waals surface area contributed by atoms with E-state index in [4.69, 9.17) is 4.74 Å². The fraction of sp³-hybridized carbons (Fsp3) is 0.280. The van der Waals surface area contributed by atoms with Gasteiger partial charge in [0.05, 0.1) is 7.11 Å². The van der Waals surface area contributed by atoms with Crippen molar-refractivity contribution in [2.24, 2.45) is 0 Å². The first-order valence-corrected chi connectivity index (χ1v) is 9.67. The fourth-order valence-electron chi connectivity index (χ4n) is 3.20. The summed E-state index contributed by atoms with van der Waals surface area (Å²) in [4.78, 5) is 22.8. The van der Waals surface area contributed by atoms with Gasteiger partial charge in [-0.15, -0.1) is 0 Å². The first-order valence-electron chi connectivity index (χ1n) is 9.67. The zero-order valence-electron chi connectivity index (χ0n) is 16.9. The molecule has 0 saturated heterocycles. The molecule has 0 spiro atoms. The maximum absolute atomic E-state index is 11.4. The predicted molar refractivity (Wildman–Crippen MR) is 115 cm³/mol. The normalized spacial score (nSPS) is 11.2. The molecule has 146 valence electrons. The van der Waals surface area contributed by atoms with Crippen LogP contribution in [0, 0.1) is 0 Å². The van der Waals surface area contributed by atoms with E-state index in [1.807, 2.05) is 43.3 Å². The summed E-state index contributed by atoms with van der Waals surface area (Å²) in [5, 5.41) is 0. The van der Waals surface area contributed by atoms with Gasteiger partial charge in [0, 0.05) is 12.0 Å².